The topological polar surface area (TPSA) is 106 Å². The highest BCUT2D eigenvalue weighted by atomic mass is 127. The normalized spacial score (nSPS) is 13.6. The third-order valence-electron chi connectivity index (χ3n) is 9.17. The average Bonchev–Trinajstić information content (AvgIpc) is 3.56. The molecule has 12 heteroatoms. The van der Waals surface area contributed by atoms with Gasteiger partial charge in [0.05, 0.1) is 16.3 Å². The number of nitrogens with one attached hydrogen (secondary N) is 2. The molecule has 2 atom stereocenters. The van der Waals surface area contributed by atoms with Crippen LogP contribution in [0.3, 0.4) is 0 Å². The zero-order valence-electron chi connectivity index (χ0n) is 29.2. The van der Waals surface area contributed by atoms with E-state index in [4.69, 9.17) is 20.8 Å². The van der Waals surface area contributed by atoms with E-state index in [1.165, 1.54) is 24.7 Å². The number of hydrogen-bond donors (Lipinski definition) is 2. The third-order valence-corrected chi connectivity index (χ3v) is 11.2. The molecule has 0 spiro atoms. The van der Waals surface area contributed by atoms with Crippen LogP contribution in [0.4, 0.5) is 15.9 Å². The van der Waals surface area contributed by atoms with Crippen LogP contribution < -0.4 is 15.4 Å². The van der Waals surface area contributed by atoms with Gasteiger partial charge in [-0.3, -0.25) is 0 Å². The molecule has 0 amide bonds. The van der Waals surface area contributed by atoms with Gasteiger partial charge < -0.3 is 19.8 Å². The van der Waals surface area contributed by atoms with Gasteiger partial charge in [-0.1, -0.05) is 73.0 Å². The lowest BCUT2D eigenvalue weighted by Crippen LogP contribution is -2.53. The highest BCUT2D eigenvalue weighted by Crippen LogP contribution is 2.36. The smallest absolute Gasteiger partial charge is 0.148 e. The number of aromatic nitrogens is 2. The van der Waals surface area contributed by atoms with Crippen LogP contribution in [0.25, 0.3) is 22.2 Å². The van der Waals surface area contributed by atoms with Gasteiger partial charge in [0.15, 0.2) is 0 Å². The molecule has 5 aromatic rings. The minimum absolute atomic E-state index is 0.0967. The van der Waals surface area contributed by atoms with Crippen LogP contribution in [0.2, 0.25) is 5.02 Å². The summed E-state index contributed by atoms with van der Waals surface area (Å²) in [7, 11) is -3.10. The van der Waals surface area contributed by atoms with Crippen molar-refractivity contribution in [3.63, 3.8) is 0 Å². The van der Waals surface area contributed by atoms with E-state index in [2.05, 4.69) is 57.0 Å². The van der Waals surface area contributed by atoms with Gasteiger partial charge in [-0.15, -0.1) is 0 Å². The number of unbranched alkanes of at least 4 members (excludes halogenated alkanes) is 1. The Labute approximate surface area is 319 Å². The maximum absolute atomic E-state index is 13.6. The van der Waals surface area contributed by atoms with Crippen LogP contribution >= 0.6 is 34.2 Å². The molecule has 51 heavy (non-hydrogen) atoms. The van der Waals surface area contributed by atoms with Crippen molar-refractivity contribution in [2.45, 2.75) is 64.5 Å². The molecule has 0 saturated carbocycles. The number of fused-ring (bicyclic) bond motifs is 1. The van der Waals surface area contributed by atoms with Crippen molar-refractivity contribution >= 4 is 66.4 Å². The molecule has 2 N–H and O–H groups in total. The fraction of sp³-hybridized carbons (Fsp3) is 0.385. The van der Waals surface area contributed by atoms with Gasteiger partial charge in [0.25, 0.3) is 0 Å². The number of anilines is 2. The van der Waals surface area contributed by atoms with E-state index in [0.29, 0.717) is 46.7 Å². The highest BCUT2D eigenvalue weighted by Gasteiger charge is 2.36. The number of nitrogens with zero attached hydrogens (tertiary/aromatic N) is 2. The quantitative estimate of drug-likeness (QED) is 0.0481. The summed E-state index contributed by atoms with van der Waals surface area (Å²) in [6.07, 6.45) is 8.62. The summed E-state index contributed by atoms with van der Waals surface area (Å²) in [6.45, 7) is 5.05. The molecule has 8 nitrogen and oxygen atoms in total. The summed E-state index contributed by atoms with van der Waals surface area (Å²) < 4.78 is 51.1. The molecule has 0 fully saturated rings. The summed E-state index contributed by atoms with van der Waals surface area (Å²) in [6, 6.07) is 21.6. The Kier molecular flexibility index (Phi) is 13.7. The largest absolute Gasteiger partial charge is 0.487 e. The summed E-state index contributed by atoms with van der Waals surface area (Å²) in [5.74, 6) is 2.77. The first kappa shape index (κ1) is 39.0. The Hall–Kier alpha value is -3.26. The molecule has 2 heterocycles. The minimum atomic E-state index is -3.10. The minimum Gasteiger partial charge on any atom is -0.487 e. The predicted octanol–water partition coefficient (Wildman–Crippen LogP) is 9.96. The fourth-order valence-corrected chi connectivity index (χ4v) is 7.68. The highest BCUT2D eigenvalue weighted by molar-refractivity contribution is 14.1. The monoisotopic (exact) mass is 846 g/mol. The summed E-state index contributed by atoms with van der Waals surface area (Å²) in [5.41, 5.74) is 2.78. The van der Waals surface area contributed by atoms with E-state index in [9.17, 15) is 12.8 Å². The fourth-order valence-electron chi connectivity index (χ4n) is 6.43. The van der Waals surface area contributed by atoms with Crippen LogP contribution in [0.15, 0.2) is 83.5 Å². The molecule has 3 aromatic carbocycles. The van der Waals surface area contributed by atoms with Gasteiger partial charge in [0, 0.05) is 41.4 Å². The van der Waals surface area contributed by atoms with Crippen molar-refractivity contribution < 1.29 is 22.0 Å². The van der Waals surface area contributed by atoms with Crippen LogP contribution in [-0.2, 0) is 22.9 Å². The second-order valence-electron chi connectivity index (χ2n) is 13.1. The van der Waals surface area contributed by atoms with Crippen LogP contribution in [-0.4, -0.2) is 46.9 Å². The van der Waals surface area contributed by atoms with Crippen molar-refractivity contribution in [3.05, 3.63) is 101 Å². The van der Waals surface area contributed by atoms with Gasteiger partial charge in [-0.2, -0.15) is 0 Å². The molecule has 0 aliphatic carbocycles. The van der Waals surface area contributed by atoms with Crippen molar-refractivity contribution in [2.75, 3.05) is 28.3 Å². The number of sulfone groups is 1. The summed E-state index contributed by atoms with van der Waals surface area (Å²) in [4.78, 5) is 9.01. The number of benzene rings is 3. The van der Waals surface area contributed by atoms with Crippen molar-refractivity contribution in [1.82, 2.24) is 15.3 Å². The van der Waals surface area contributed by atoms with E-state index in [0.717, 1.165) is 64.5 Å². The van der Waals surface area contributed by atoms with Gasteiger partial charge in [0.2, 0.25) is 0 Å². The molecule has 272 valence electrons. The number of halogens is 3. The Morgan fingerprint density at radius 1 is 1.06 bits per heavy atom. The lowest BCUT2D eigenvalue weighted by atomic mass is 9.75. The summed E-state index contributed by atoms with van der Waals surface area (Å²) in [5, 5.41) is 8.29. The molecule has 2 aromatic heterocycles. The van der Waals surface area contributed by atoms with E-state index in [-0.39, 0.29) is 23.7 Å². The van der Waals surface area contributed by atoms with E-state index in [1.807, 2.05) is 36.4 Å². The van der Waals surface area contributed by atoms with Gasteiger partial charge in [0.1, 0.15) is 51.7 Å². The summed E-state index contributed by atoms with van der Waals surface area (Å²) >= 11 is 8.98. The van der Waals surface area contributed by atoms with Crippen LogP contribution in [0.5, 0.6) is 5.75 Å². The molecule has 0 radical (unpaired) electrons. The van der Waals surface area contributed by atoms with E-state index in [1.54, 1.807) is 24.3 Å². The number of alkyl halides is 1. The van der Waals surface area contributed by atoms with Crippen LogP contribution in [0, 0.1) is 11.7 Å². The Bertz CT molecular complexity index is 2030. The molecule has 0 bridgehead atoms. The molecule has 0 saturated heterocycles. The van der Waals surface area contributed by atoms with Crippen LogP contribution in [0.1, 0.15) is 57.3 Å². The predicted molar refractivity (Wildman–Crippen MR) is 214 cm³/mol. The Balaban J connectivity index is 1.36. The number of hydrogen-bond acceptors (Lipinski definition) is 8. The lowest BCUT2D eigenvalue weighted by Gasteiger charge is -2.40. The van der Waals surface area contributed by atoms with Gasteiger partial charge in [-0.25, -0.2) is 22.8 Å². The second kappa shape index (κ2) is 18.0. The Morgan fingerprint density at radius 2 is 1.90 bits per heavy atom. The van der Waals surface area contributed by atoms with Crippen molar-refractivity contribution in [2.24, 2.45) is 5.92 Å². The van der Waals surface area contributed by atoms with Gasteiger partial charge >= 0.3 is 0 Å². The van der Waals surface area contributed by atoms with Gasteiger partial charge in [-0.05, 0) is 95.8 Å². The average molecular weight is 847 g/mol. The molecular formula is C39H45ClFIN4O4S. The molecule has 1 unspecified atom stereocenters. The molecule has 5 rings (SSSR count). The second-order valence-corrected chi connectivity index (χ2v) is 16.9. The first-order chi connectivity index (χ1) is 24.5. The lowest BCUT2D eigenvalue weighted by molar-refractivity contribution is 0.181. The maximum Gasteiger partial charge on any atom is 0.148 e. The van der Waals surface area contributed by atoms with E-state index < -0.39 is 9.84 Å². The number of ether oxygens (including phenoxy) is 1. The molecular weight excluding hydrogens is 802 g/mol. The standard InChI is InChI=1S/C39H45ClFIN4O4S/c1-4-8-27(2)39(17-5-6-18-42,45-19-20-51(3,47)48)24-32-13-16-36(50-32)29-11-14-35-33(22-29)38(44-26-43-35)46-31-12-15-37(34(40)23-31)49-25-28-9-7-10-30(41)21-28/h7,9-16,21-23,26-27,45H,4-6,8,17-20,24-25H2,1-3H3,(H,43,44,46)/t27-,39?/m1/s1. The van der Waals surface area contributed by atoms with Crippen molar-refractivity contribution in [3.8, 4) is 17.1 Å². The number of rotatable bonds is 19. The zero-order valence-corrected chi connectivity index (χ0v) is 33.0. The first-order valence-electron chi connectivity index (χ1n) is 17.2. The van der Waals surface area contributed by atoms with Crippen molar-refractivity contribution in [1.29, 1.82) is 0 Å². The number of furan rings is 1. The SMILES string of the molecule is CCC[C@@H](C)C(CCCCI)(Cc1ccc(-c2ccc3ncnc(Nc4ccc(OCc5cccc(F)c5)c(Cl)c4)c3c2)o1)NCCS(C)(=O)=O. The van der Waals surface area contributed by atoms with E-state index >= 15 is 0 Å². The first-order valence-corrected chi connectivity index (χ1v) is 21.2. The Morgan fingerprint density at radius 3 is 2.65 bits per heavy atom. The molecule has 0 aliphatic heterocycles. The molecule has 0 aliphatic rings. The zero-order chi connectivity index (χ0) is 36.4. The maximum atomic E-state index is 13.6. The third kappa shape index (κ3) is 10.9.